The Morgan fingerprint density at radius 1 is 0.860 bits per heavy atom. The number of phenolic OH excluding ortho intramolecular Hbond substituents is 1. The normalized spacial score (nSPS) is 17.2. The first kappa shape index (κ1) is 33.9. The van der Waals surface area contributed by atoms with Crippen LogP contribution in [-0.2, 0) is 17.8 Å². The van der Waals surface area contributed by atoms with E-state index < -0.39 is 0 Å². The Kier molecular flexibility index (Phi) is 14.9. The van der Waals surface area contributed by atoms with E-state index in [1.807, 2.05) is 41.3 Å². The standard InChI is InChI=1S/C22H26N2O3.C12H18N2.CH4O/c25-14-2-1-9-23-10-12-24(13-11-23)22(27)20-7-3-5-18(16-20)15-19-6-4-8-21(26)17-19;1-11-9-14(8-7-13-11)10-12-5-3-2-4-6-12;1-2/h3-8,14,16-17,26H,1-2,9-13,15H2;2-6,11,13H,7-10H2,1H3;2H,1H3. The van der Waals surface area contributed by atoms with E-state index >= 15 is 0 Å². The van der Waals surface area contributed by atoms with Crippen molar-refractivity contribution in [3.05, 3.63) is 101 Å². The lowest BCUT2D eigenvalue weighted by atomic mass is 10.0. The molecule has 0 aromatic heterocycles. The number of benzene rings is 3. The number of unbranched alkanes of at least 4 members (excludes halogenated alkanes) is 1. The monoisotopic (exact) mass is 588 g/mol. The van der Waals surface area contributed by atoms with Gasteiger partial charge < -0.3 is 25.2 Å². The van der Waals surface area contributed by atoms with E-state index in [1.54, 1.807) is 12.1 Å². The molecule has 232 valence electrons. The number of carbonyl (C=O) groups is 2. The lowest BCUT2D eigenvalue weighted by molar-refractivity contribution is -0.108. The fraction of sp³-hybridized carbons (Fsp3) is 0.429. The molecule has 2 heterocycles. The summed E-state index contributed by atoms with van der Waals surface area (Å²) < 4.78 is 0. The second-order valence-corrected chi connectivity index (χ2v) is 11.1. The number of hydrogen-bond donors (Lipinski definition) is 3. The molecule has 0 radical (unpaired) electrons. The highest BCUT2D eigenvalue weighted by Gasteiger charge is 2.22. The summed E-state index contributed by atoms with van der Waals surface area (Å²) in [6, 6.07) is 26.3. The Bertz CT molecular complexity index is 1230. The number of hydrogen-bond acceptors (Lipinski definition) is 7. The highest BCUT2D eigenvalue weighted by atomic mass is 16.3. The minimum Gasteiger partial charge on any atom is -0.508 e. The van der Waals surface area contributed by atoms with Crippen molar-refractivity contribution in [1.29, 1.82) is 0 Å². The third-order valence-corrected chi connectivity index (χ3v) is 7.65. The van der Waals surface area contributed by atoms with Crippen molar-refractivity contribution in [2.45, 2.75) is 38.8 Å². The number of rotatable bonds is 9. The van der Waals surface area contributed by atoms with Crippen molar-refractivity contribution < 1.29 is 19.8 Å². The van der Waals surface area contributed by atoms with Gasteiger partial charge in [0, 0.05) is 77.5 Å². The van der Waals surface area contributed by atoms with E-state index in [9.17, 15) is 14.7 Å². The quantitative estimate of drug-likeness (QED) is 0.259. The van der Waals surface area contributed by atoms with Gasteiger partial charge in [0.1, 0.15) is 12.0 Å². The van der Waals surface area contributed by atoms with Gasteiger partial charge in [-0.1, -0.05) is 54.6 Å². The highest BCUT2D eigenvalue weighted by Crippen LogP contribution is 2.17. The molecule has 3 N–H and O–H groups in total. The van der Waals surface area contributed by atoms with Crippen molar-refractivity contribution in [3.8, 4) is 5.75 Å². The molecule has 1 atom stereocenters. The summed E-state index contributed by atoms with van der Waals surface area (Å²) in [4.78, 5) is 30.0. The number of aliphatic hydroxyl groups is 1. The zero-order chi connectivity index (χ0) is 30.9. The molecule has 0 spiro atoms. The second-order valence-electron chi connectivity index (χ2n) is 11.1. The molecule has 2 fully saturated rings. The Morgan fingerprint density at radius 2 is 1.53 bits per heavy atom. The van der Waals surface area contributed by atoms with Gasteiger partial charge in [-0.3, -0.25) is 14.6 Å². The van der Waals surface area contributed by atoms with Gasteiger partial charge in [0.15, 0.2) is 0 Å². The summed E-state index contributed by atoms with van der Waals surface area (Å²) in [5.41, 5.74) is 4.20. The largest absolute Gasteiger partial charge is 0.508 e. The molecule has 2 aliphatic rings. The van der Waals surface area contributed by atoms with Gasteiger partial charge in [-0.15, -0.1) is 0 Å². The van der Waals surface area contributed by atoms with Crippen molar-refractivity contribution in [2.75, 3.05) is 59.5 Å². The first-order valence-electron chi connectivity index (χ1n) is 15.3. The lowest BCUT2D eigenvalue weighted by Crippen LogP contribution is -2.48. The maximum absolute atomic E-state index is 12.8. The van der Waals surface area contributed by atoms with Crippen LogP contribution in [-0.4, -0.2) is 103 Å². The number of aromatic hydroxyl groups is 1. The molecule has 5 rings (SSSR count). The number of amides is 1. The van der Waals surface area contributed by atoms with Crippen LogP contribution >= 0.6 is 0 Å². The zero-order valence-electron chi connectivity index (χ0n) is 25.7. The predicted octanol–water partition coefficient (Wildman–Crippen LogP) is 3.81. The molecule has 2 aliphatic heterocycles. The average molecular weight is 589 g/mol. The number of aldehydes is 1. The molecule has 0 bridgehead atoms. The van der Waals surface area contributed by atoms with Gasteiger partial charge >= 0.3 is 0 Å². The Balaban J connectivity index is 0.000000265. The smallest absolute Gasteiger partial charge is 0.253 e. The van der Waals surface area contributed by atoms with E-state index in [4.69, 9.17) is 5.11 Å². The number of carbonyl (C=O) groups excluding carboxylic acids is 2. The molecule has 8 heteroatoms. The van der Waals surface area contributed by atoms with Crippen molar-refractivity contribution in [3.63, 3.8) is 0 Å². The van der Waals surface area contributed by atoms with Gasteiger partial charge in [0.2, 0.25) is 0 Å². The summed E-state index contributed by atoms with van der Waals surface area (Å²) in [5, 5.41) is 20.1. The van der Waals surface area contributed by atoms with Crippen LogP contribution in [0.2, 0.25) is 0 Å². The molecule has 3 aromatic carbocycles. The highest BCUT2D eigenvalue weighted by molar-refractivity contribution is 5.94. The van der Waals surface area contributed by atoms with E-state index in [2.05, 4.69) is 52.4 Å². The maximum Gasteiger partial charge on any atom is 0.253 e. The number of nitrogens with zero attached hydrogens (tertiary/aromatic N) is 3. The third kappa shape index (κ3) is 11.9. The lowest BCUT2D eigenvalue weighted by Gasteiger charge is -2.34. The minimum atomic E-state index is 0.0697. The predicted molar refractivity (Wildman–Crippen MR) is 172 cm³/mol. The molecule has 0 saturated carbocycles. The molecular formula is C35H48N4O4. The SMILES string of the molecule is CC1CN(Cc2ccccc2)CCN1.CO.O=CCCCN1CCN(C(=O)c2cccc(Cc3cccc(O)c3)c2)CC1. The summed E-state index contributed by atoms with van der Waals surface area (Å²) >= 11 is 0. The number of aliphatic hydroxyl groups excluding tert-OH is 1. The van der Waals surface area contributed by atoms with E-state index in [0.717, 1.165) is 83.3 Å². The van der Waals surface area contributed by atoms with Crippen LogP contribution in [0.4, 0.5) is 0 Å². The first-order valence-corrected chi connectivity index (χ1v) is 15.3. The van der Waals surface area contributed by atoms with Crippen LogP contribution in [0, 0.1) is 0 Å². The molecule has 2 saturated heterocycles. The van der Waals surface area contributed by atoms with Crippen LogP contribution < -0.4 is 5.32 Å². The number of piperazine rings is 2. The Labute approximate surface area is 256 Å². The summed E-state index contributed by atoms with van der Waals surface area (Å²) in [5.74, 6) is 0.325. The first-order chi connectivity index (χ1) is 21.0. The second kappa shape index (κ2) is 18.9. The van der Waals surface area contributed by atoms with Crippen LogP contribution in [0.25, 0.3) is 0 Å². The molecule has 1 unspecified atom stereocenters. The van der Waals surface area contributed by atoms with Crippen LogP contribution in [0.3, 0.4) is 0 Å². The molecule has 0 aliphatic carbocycles. The third-order valence-electron chi connectivity index (χ3n) is 7.65. The summed E-state index contributed by atoms with van der Waals surface area (Å²) in [7, 11) is 1.00. The summed E-state index contributed by atoms with van der Waals surface area (Å²) in [6.07, 6.45) is 3.13. The van der Waals surface area contributed by atoms with Gasteiger partial charge in [-0.05, 0) is 67.3 Å². The van der Waals surface area contributed by atoms with Gasteiger partial charge in [-0.25, -0.2) is 0 Å². The van der Waals surface area contributed by atoms with E-state index in [1.165, 1.54) is 12.1 Å². The summed E-state index contributed by atoms with van der Waals surface area (Å²) in [6.45, 7) is 10.8. The van der Waals surface area contributed by atoms with Crippen LogP contribution in [0.5, 0.6) is 5.75 Å². The average Bonchev–Trinajstić information content (AvgIpc) is 3.03. The maximum atomic E-state index is 12.8. The van der Waals surface area contributed by atoms with Crippen LogP contribution in [0.15, 0.2) is 78.9 Å². The van der Waals surface area contributed by atoms with Gasteiger partial charge in [0.05, 0.1) is 0 Å². The van der Waals surface area contributed by atoms with Crippen molar-refractivity contribution in [1.82, 2.24) is 20.0 Å². The van der Waals surface area contributed by atoms with Gasteiger partial charge in [-0.2, -0.15) is 0 Å². The molecule has 43 heavy (non-hydrogen) atoms. The van der Waals surface area contributed by atoms with E-state index in [-0.39, 0.29) is 11.7 Å². The van der Waals surface area contributed by atoms with E-state index in [0.29, 0.717) is 24.4 Å². The fourth-order valence-electron chi connectivity index (χ4n) is 5.47. The van der Waals surface area contributed by atoms with Crippen LogP contribution in [0.1, 0.15) is 46.8 Å². The number of phenols is 1. The fourth-order valence-corrected chi connectivity index (χ4v) is 5.47. The Hall–Kier alpha value is -3.56. The van der Waals surface area contributed by atoms with Gasteiger partial charge in [0.25, 0.3) is 5.91 Å². The molecule has 1 amide bonds. The topological polar surface area (TPSA) is 96.4 Å². The Morgan fingerprint density at radius 3 is 2.21 bits per heavy atom. The molecule has 8 nitrogen and oxygen atoms in total. The van der Waals surface area contributed by atoms with Crippen molar-refractivity contribution in [2.24, 2.45) is 0 Å². The number of nitrogens with one attached hydrogen (secondary N) is 1. The molecule has 3 aromatic rings. The molecular weight excluding hydrogens is 540 g/mol. The minimum absolute atomic E-state index is 0.0697. The van der Waals surface area contributed by atoms with Crippen molar-refractivity contribution >= 4 is 12.2 Å². The zero-order valence-corrected chi connectivity index (χ0v) is 25.7.